The minimum atomic E-state index is -0.335. The molecule has 0 spiro atoms. The summed E-state index contributed by atoms with van der Waals surface area (Å²) in [4.78, 5) is 15.7. The minimum Gasteiger partial charge on any atom is -0.305 e. The lowest BCUT2D eigenvalue weighted by Gasteiger charge is -2.04. The zero-order chi connectivity index (χ0) is 12.3. The summed E-state index contributed by atoms with van der Waals surface area (Å²) < 4.78 is 1.54. The van der Waals surface area contributed by atoms with Gasteiger partial charge in [0.05, 0.1) is 11.8 Å². The van der Waals surface area contributed by atoms with E-state index in [-0.39, 0.29) is 11.6 Å². The van der Waals surface area contributed by atoms with E-state index < -0.39 is 0 Å². The Morgan fingerprint density at radius 3 is 2.82 bits per heavy atom. The second kappa shape index (κ2) is 4.45. The Bertz CT molecular complexity index is 579. The van der Waals surface area contributed by atoms with Gasteiger partial charge in [0.1, 0.15) is 17.6 Å². The molecular formula is C11H9N5O. The van der Waals surface area contributed by atoms with Gasteiger partial charge in [0.2, 0.25) is 0 Å². The molecule has 0 bridgehead atoms. The highest BCUT2D eigenvalue weighted by molar-refractivity contribution is 6.02. The molecule has 0 fully saturated rings. The van der Waals surface area contributed by atoms with E-state index in [2.05, 4.69) is 15.4 Å². The van der Waals surface area contributed by atoms with Gasteiger partial charge in [-0.3, -0.25) is 9.48 Å². The first-order chi connectivity index (χ1) is 8.20. The molecule has 2 aromatic heterocycles. The quantitative estimate of drug-likeness (QED) is 0.827. The summed E-state index contributed by atoms with van der Waals surface area (Å²) in [6.45, 7) is 0. The number of nitrogens with zero attached hydrogens (tertiary/aromatic N) is 4. The molecule has 2 heterocycles. The molecule has 0 radical (unpaired) electrons. The Labute approximate surface area is 97.5 Å². The van der Waals surface area contributed by atoms with Gasteiger partial charge in [0.15, 0.2) is 0 Å². The van der Waals surface area contributed by atoms with Crippen molar-refractivity contribution < 1.29 is 4.79 Å². The third kappa shape index (κ3) is 2.29. The molecule has 2 rings (SSSR count). The van der Waals surface area contributed by atoms with Crippen molar-refractivity contribution in [3.63, 3.8) is 0 Å². The van der Waals surface area contributed by atoms with Crippen LogP contribution in [0.3, 0.4) is 0 Å². The molecule has 0 unspecified atom stereocenters. The monoisotopic (exact) mass is 227 g/mol. The van der Waals surface area contributed by atoms with Crippen LogP contribution >= 0.6 is 0 Å². The van der Waals surface area contributed by atoms with Crippen molar-refractivity contribution >= 4 is 11.7 Å². The Morgan fingerprint density at radius 2 is 2.29 bits per heavy atom. The van der Waals surface area contributed by atoms with Crippen molar-refractivity contribution in [2.75, 3.05) is 5.32 Å². The molecule has 84 valence electrons. The average Bonchev–Trinajstić information content (AvgIpc) is 2.75. The van der Waals surface area contributed by atoms with Crippen LogP contribution in [0.1, 0.15) is 16.1 Å². The SMILES string of the molecule is Cn1nccc1NC(=O)c1ccc(C#N)cn1. The molecular weight excluding hydrogens is 218 g/mol. The third-order valence-electron chi connectivity index (χ3n) is 2.19. The first kappa shape index (κ1) is 10.8. The van der Waals surface area contributed by atoms with Crippen LogP contribution in [0.5, 0.6) is 0 Å². The van der Waals surface area contributed by atoms with Crippen molar-refractivity contribution in [2.24, 2.45) is 7.05 Å². The Kier molecular flexibility index (Phi) is 2.83. The molecule has 0 aliphatic carbocycles. The summed E-state index contributed by atoms with van der Waals surface area (Å²) >= 11 is 0. The van der Waals surface area contributed by atoms with Gasteiger partial charge in [-0.1, -0.05) is 0 Å². The second-order valence-electron chi connectivity index (χ2n) is 3.34. The Hall–Kier alpha value is -2.68. The van der Waals surface area contributed by atoms with Gasteiger partial charge in [0, 0.05) is 19.3 Å². The maximum Gasteiger partial charge on any atom is 0.275 e. The largest absolute Gasteiger partial charge is 0.305 e. The van der Waals surface area contributed by atoms with Crippen molar-refractivity contribution in [1.29, 1.82) is 5.26 Å². The van der Waals surface area contributed by atoms with Crippen molar-refractivity contribution in [2.45, 2.75) is 0 Å². The first-order valence-electron chi connectivity index (χ1n) is 4.86. The highest BCUT2D eigenvalue weighted by Crippen LogP contribution is 2.06. The number of pyridine rings is 1. The fourth-order valence-corrected chi connectivity index (χ4v) is 1.27. The number of carbonyl (C=O) groups is 1. The van der Waals surface area contributed by atoms with E-state index in [9.17, 15) is 4.79 Å². The topological polar surface area (TPSA) is 83.6 Å². The average molecular weight is 227 g/mol. The lowest BCUT2D eigenvalue weighted by molar-refractivity contribution is 0.102. The number of carbonyl (C=O) groups excluding carboxylic acids is 1. The minimum absolute atomic E-state index is 0.255. The van der Waals surface area contributed by atoms with Crippen LogP contribution in [0, 0.1) is 11.3 Å². The standard InChI is InChI=1S/C11H9N5O/c1-16-10(4-5-14-16)15-11(17)9-3-2-8(6-12)7-13-9/h2-5,7H,1H3,(H,15,17). The van der Waals surface area contributed by atoms with Crippen LogP contribution in [-0.2, 0) is 7.05 Å². The van der Waals surface area contributed by atoms with Gasteiger partial charge in [-0.2, -0.15) is 10.4 Å². The molecule has 2 aromatic rings. The fourth-order valence-electron chi connectivity index (χ4n) is 1.27. The number of aromatic nitrogens is 3. The van der Waals surface area contributed by atoms with Crippen molar-refractivity contribution in [3.8, 4) is 6.07 Å². The van der Waals surface area contributed by atoms with Crippen LogP contribution in [0.25, 0.3) is 0 Å². The number of anilines is 1. The van der Waals surface area contributed by atoms with E-state index in [1.165, 1.54) is 12.3 Å². The van der Waals surface area contributed by atoms with Gasteiger partial charge in [-0.25, -0.2) is 4.98 Å². The summed E-state index contributed by atoms with van der Waals surface area (Å²) in [5.74, 6) is 0.249. The lowest BCUT2D eigenvalue weighted by atomic mass is 10.2. The zero-order valence-electron chi connectivity index (χ0n) is 9.08. The van der Waals surface area contributed by atoms with Crippen molar-refractivity contribution in [1.82, 2.24) is 14.8 Å². The number of hydrogen-bond acceptors (Lipinski definition) is 4. The summed E-state index contributed by atoms with van der Waals surface area (Å²) in [5, 5.41) is 15.2. The van der Waals surface area contributed by atoms with E-state index in [1.807, 2.05) is 6.07 Å². The predicted octanol–water partition coefficient (Wildman–Crippen LogP) is 0.939. The molecule has 0 aromatic carbocycles. The van der Waals surface area contributed by atoms with Crippen molar-refractivity contribution in [3.05, 3.63) is 41.9 Å². The maximum absolute atomic E-state index is 11.8. The Balaban J connectivity index is 2.15. The highest BCUT2D eigenvalue weighted by atomic mass is 16.2. The Morgan fingerprint density at radius 1 is 1.47 bits per heavy atom. The number of rotatable bonds is 2. The van der Waals surface area contributed by atoms with Crippen LogP contribution < -0.4 is 5.32 Å². The van der Waals surface area contributed by atoms with Gasteiger partial charge in [-0.15, -0.1) is 0 Å². The van der Waals surface area contributed by atoms with Gasteiger partial charge in [0.25, 0.3) is 5.91 Å². The van der Waals surface area contributed by atoms with E-state index >= 15 is 0 Å². The van der Waals surface area contributed by atoms with E-state index in [0.717, 1.165) is 0 Å². The molecule has 6 heteroatoms. The van der Waals surface area contributed by atoms with Crippen LogP contribution in [0.15, 0.2) is 30.6 Å². The summed E-state index contributed by atoms with van der Waals surface area (Å²) in [6.07, 6.45) is 2.94. The molecule has 1 N–H and O–H groups in total. The normalized spacial score (nSPS) is 9.65. The third-order valence-corrected chi connectivity index (χ3v) is 2.19. The van der Waals surface area contributed by atoms with Crippen LogP contribution in [0.4, 0.5) is 5.82 Å². The van der Waals surface area contributed by atoms with E-state index in [0.29, 0.717) is 11.4 Å². The summed E-state index contributed by atoms with van der Waals surface area (Å²) in [6, 6.07) is 6.67. The molecule has 0 aliphatic heterocycles. The zero-order valence-corrected chi connectivity index (χ0v) is 9.08. The number of hydrogen-bond donors (Lipinski definition) is 1. The van der Waals surface area contributed by atoms with E-state index in [1.54, 1.807) is 30.1 Å². The predicted molar refractivity (Wildman–Crippen MR) is 60.1 cm³/mol. The smallest absolute Gasteiger partial charge is 0.275 e. The van der Waals surface area contributed by atoms with Gasteiger partial charge in [-0.05, 0) is 12.1 Å². The number of amides is 1. The summed E-state index contributed by atoms with van der Waals surface area (Å²) in [5.41, 5.74) is 0.673. The number of nitriles is 1. The summed E-state index contributed by atoms with van der Waals surface area (Å²) in [7, 11) is 1.72. The fraction of sp³-hybridized carbons (Fsp3) is 0.0909. The first-order valence-corrected chi connectivity index (χ1v) is 4.86. The molecule has 0 atom stereocenters. The van der Waals surface area contributed by atoms with Crippen LogP contribution in [-0.4, -0.2) is 20.7 Å². The number of aryl methyl sites for hydroxylation is 1. The number of nitrogens with one attached hydrogen (secondary N) is 1. The van der Waals surface area contributed by atoms with E-state index in [4.69, 9.17) is 5.26 Å². The van der Waals surface area contributed by atoms with Gasteiger partial charge >= 0.3 is 0 Å². The lowest BCUT2D eigenvalue weighted by Crippen LogP contribution is -2.15. The molecule has 1 amide bonds. The molecule has 0 aliphatic rings. The van der Waals surface area contributed by atoms with Gasteiger partial charge < -0.3 is 5.32 Å². The highest BCUT2D eigenvalue weighted by Gasteiger charge is 2.09. The van der Waals surface area contributed by atoms with Crippen LogP contribution in [0.2, 0.25) is 0 Å². The second-order valence-corrected chi connectivity index (χ2v) is 3.34. The molecule has 0 saturated carbocycles. The molecule has 17 heavy (non-hydrogen) atoms. The maximum atomic E-state index is 11.8. The molecule has 6 nitrogen and oxygen atoms in total. The molecule has 0 saturated heterocycles.